The third-order valence-corrected chi connectivity index (χ3v) is 7.74. The van der Waals surface area contributed by atoms with E-state index in [1.54, 1.807) is 17.0 Å². The quantitative estimate of drug-likeness (QED) is 0.560. The molecule has 176 valence electrons. The number of aliphatic carboxylic acids is 1. The Hall–Kier alpha value is -2.98. The molecule has 1 N–H and O–H groups in total. The Kier molecular flexibility index (Phi) is 6.40. The molecule has 0 bridgehead atoms. The van der Waals surface area contributed by atoms with Gasteiger partial charge in [-0.2, -0.15) is 4.31 Å². The molecular weight excluding hydrogens is 449 g/mol. The second kappa shape index (κ2) is 9.11. The summed E-state index contributed by atoms with van der Waals surface area (Å²) in [7, 11) is -3.99. The lowest BCUT2D eigenvalue weighted by Crippen LogP contribution is -2.38. The van der Waals surface area contributed by atoms with Crippen molar-refractivity contribution in [2.45, 2.75) is 50.2 Å². The van der Waals surface area contributed by atoms with Crippen molar-refractivity contribution in [3.63, 3.8) is 0 Å². The molecule has 3 heterocycles. The van der Waals surface area contributed by atoms with Gasteiger partial charge < -0.3 is 14.4 Å². The number of fused-ring (bicyclic) bond motifs is 1. The van der Waals surface area contributed by atoms with Gasteiger partial charge in [-0.05, 0) is 56.4 Å². The number of carbonyl (C=O) groups is 1. The van der Waals surface area contributed by atoms with Gasteiger partial charge in [-0.15, -0.1) is 0 Å². The fourth-order valence-electron chi connectivity index (χ4n) is 4.35. The van der Waals surface area contributed by atoms with E-state index in [1.165, 1.54) is 16.4 Å². The smallest absolute Gasteiger partial charge is 0.323 e. The van der Waals surface area contributed by atoms with Crippen LogP contribution in [0.4, 0.5) is 4.39 Å². The van der Waals surface area contributed by atoms with Gasteiger partial charge in [0, 0.05) is 36.9 Å². The summed E-state index contributed by atoms with van der Waals surface area (Å²) in [5, 5.41) is 10.1. The van der Waals surface area contributed by atoms with Crippen LogP contribution in [0.25, 0.3) is 10.9 Å². The van der Waals surface area contributed by atoms with Crippen molar-refractivity contribution < 1.29 is 27.4 Å². The van der Waals surface area contributed by atoms with E-state index < -0.39 is 21.8 Å². The molecule has 2 aromatic heterocycles. The number of aromatic nitrogens is 2. The predicted molar refractivity (Wildman–Crippen MR) is 120 cm³/mol. The number of pyridine rings is 1. The number of sulfonamides is 1. The first-order chi connectivity index (χ1) is 15.7. The molecule has 1 aromatic carbocycles. The van der Waals surface area contributed by atoms with E-state index in [0.717, 1.165) is 22.5 Å². The molecule has 1 saturated heterocycles. The molecule has 0 unspecified atom stereocenters. The minimum absolute atomic E-state index is 0.0584. The minimum atomic E-state index is -3.99. The molecule has 10 heteroatoms. The maximum Gasteiger partial charge on any atom is 0.323 e. The SMILES string of the molecule is CC(C)Oc1ccc(S(=O)(=O)N2CCC(c3cn(CC(=O)O)c4cnccc34)CC2)c(F)c1. The monoisotopic (exact) mass is 475 g/mol. The molecule has 33 heavy (non-hydrogen) atoms. The fourth-order valence-corrected chi connectivity index (χ4v) is 5.87. The Labute approximate surface area is 191 Å². The van der Waals surface area contributed by atoms with Crippen molar-refractivity contribution in [1.29, 1.82) is 0 Å². The lowest BCUT2D eigenvalue weighted by molar-refractivity contribution is -0.137. The molecule has 4 rings (SSSR count). The lowest BCUT2D eigenvalue weighted by atomic mass is 9.90. The van der Waals surface area contributed by atoms with Gasteiger partial charge >= 0.3 is 5.97 Å². The van der Waals surface area contributed by atoms with E-state index in [1.807, 2.05) is 26.1 Å². The molecule has 0 saturated carbocycles. The third kappa shape index (κ3) is 4.72. The summed E-state index contributed by atoms with van der Waals surface area (Å²) in [4.78, 5) is 15.0. The van der Waals surface area contributed by atoms with Crippen LogP contribution in [0.1, 0.15) is 38.2 Å². The summed E-state index contributed by atoms with van der Waals surface area (Å²) in [6.07, 6.45) is 6.06. The zero-order valence-corrected chi connectivity index (χ0v) is 19.3. The van der Waals surface area contributed by atoms with E-state index in [-0.39, 0.29) is 42.3 Å². The summed E-state index contributed by atoms with van der Waals surface area (Å²) in [6, 6.07) is 5.67. The summed E-state index contributed by atoms with van der Waals surface area (Å²) >= 11 is 0. The Morgan fingerprint density at radius 2 is 2.00 bits per heavy atom. The Morgan fingerprint density at radius 1 is 1.27 bits per heavy atom. The zero-order chi connectivity index (χ0) is 23.8. The Bertz CT molecular complexity index is 1280. The summed E-state index contributed by atoms with van der Waals surface area (Å²) in [5.74, 6) is -1.44. The van der Waals surface area contributed by atoms with Crippen LogP contribution >= 0.6 is 0 Å². The van der Waals surface area contributed by atoms with Crippen LogP contribution < -0.4 is 4.74 Å². The highest BCUT2D eigenvalue weighted by Gasteiger charge is 2.33. The van der Waals surface area contributed by atoms with Crippen molar-refractivity contribution >= 4 is 26.9 Å². The standard InChI is InChI=1S/C23H26FN3O5S/c1-15(2)32-17-3-4-22(20(24)11-17)33(30,31)27-9-6-16(7-10-27)19-13-26(14-23(28)29)21-12-25-8-5-18(19)21/h3-5,8,11-13,15-16H,6-7,9-10,14H2,1-2H3,(H,28,29). The van der Waals surface area contributed by atoms with Crippen molar-refractivity contribution in [3.05, 3.63) is 54.2 Å². The fraction of sp³-hybridized carbons (Fsp3) is 0.391. The molecule has 0 amide bonds. The number of benzene rings is 1. The maximum absolute atomic E-state index is 14.6. The number of nitrogens with zero attached hydrogens (tertiary/aromatic N) is 3. The van der Waals surface area contributed by atoms with Gasteiger partial charge in [0.05, 0.1) is 17.8 Å². The number of carboxylic acid groups (broad SMARTS) is 1. The lowest BCUT2D eigenvalue weighted by Gasteiger charge is -2.31. The highest BCUT2D eigenvalue weighted by molar-refractivity contribution is 7.89. The molecule has 1 fully saturated rings. The zero-order valence-electron chi connectivity index (χ0n) is 18.4. The number of rotatable bonds is 7. The molecule has 8 nitrogen and oxygen atoms in total. The highest BCUT2D eigenvalue weighted by atomic mass is 32.2. The number of ether oxygens (including phenoxy) is 1. The van der Waals surface area contributed by atoms with Crippen molar-refractivity contribution in [3.8, 4) is 5.75 Å². The topological polar surface area (TPSA) is 102 Å². The molecule has 0 atom stereocenters. The molecule has 0 radical (unpaired) electrons. The van der Waals surface area contributed by atoms with Gasteiger partial charge in [-0.1, -0.05) is 0 Å². The van der Waals surface area contributed by atoms with Gasteiger partial charge in [0.1, 0.15) is 23.0 Å². The van der Waals surface area contributed by atoms with Crippen LogP contribution in [0, 0.1) is 5.82 Å². The predicted octanol–water partition coefficient (Wildman–Crippen LogP) is 3.62. The molecule has 3 aromatic rings. The van der Waals surface area contributed by atoms with Crippen molar-refractivity contribution in [2.24, 2.45) is 0 Å². The van der Waals surface area contributed by atoms with Crippen LogP contribution in [0.2, 0.25) is 0 Å². The summed E-state index contributed by atoms with van der Waals surface area (Å²) in [6.45, 7) is 3.93. The Balaban J connectivity index is 1.53. The first-order valence-corrected chi connectivity index (χ1v) is 12.2. The third-order valence-electron chi connectivity index (χ3n) is 5.81. The second-order valence-electron chi connectivity index (χ2n) is 8.44. The van der Waals surface area contributed by atoms with Crippen molar-refractivity contribution in [2.75, 3.05) is 13.1 Å². The van der Waals surface area contributed by atoms with E-state index >= 15 is 0 Å². The van der Waals surface area contributed by atoms with Crippen molar-refractivity contribution in [1.82, 2.24) is 13.9 Å². The van der Waals surface area contributed by atoms with Crippen LogP contribution in [0.15, 0.2) is 47.8 Å². The maximum atomic E-state index is 14.6. The number of piperidine rings is 1. The Morgan fingerprint density at radius 3 is 2.64 bits per heavy atom. The molecule has 0 aliphatic carbocycles. The average Bonchev–Trinajstić information content (AvgIpc) is 3.11. The van der Waals surface area contributed by atoms with Gasteiger partial charge in [0.15, 0.2) is 0 Å². The van der Waals surface area contributed by atoms with Crippen LogP contribution in [0.3, 0.4) is 0 Å². The van der Waals surface area contributed by atoms with E-state index in [4.69, 9.17) is 4.74 Å². The minimum Gasteiger partial charge on any atom is -0.491 e. The van der Waals surface area contributed by atoms with E-state index in [0.29, 0.717) is 12.8 Å². The van der Waals surface area contributed by atoms with Crippen LogP contribution in [-0.4, -0.2) is 52.5 Å². The molecule has 1 aliphatic heterocycles. The van der Waals surface area contributed by atoms with Gasteiger partial charge in [0.25, 0.3) is 0 Å². The average molecular weight is 476 g/mol. The summed E-state index contributed by atoms with van der Waals surface area (Å²) < 4.78 is 49.2. The van der Waals surface area contributed by atoms with E-state index in [9.17, 15) is 22.7 Å². The molecule has 1 aliphatic rings. The largest absolute Gasteiger partial charge is 0.491 e. The van der Waals surface area contributed by atoms with E-state index in [2.05, 4.69) is 4.98 Å². The number of halogens is 1. The van der Waals surface area contributed by atoms with Gasteiger partial charge in [-0.3, -0.25) is 9.78 Å². The summed E-state index contributed by atoms with van der Waals surface area (Å²) in [5.41, 5.74) is 1.71. The number of hydrogen-bond donors (Lipinski definition) is 1. The first kappa shape index (κ1) is 23.2. The highest BCUT2D eigenvalue weighted by Crippen LogP contribution is 2.36. The molecular formula is C23H26FN3O5S. The van der Waals surface area contributed by atoms with Crippen LogP contribution in [0.5, 0.6) is 5.75 Å². The second-order valence-corrected chi connectivity index (χ2v) is 10.3. The first-order valence-electron chi connectivity index (χ1n) is 10.8. The van der Waals surface area contributed by atoms with Crippen LogP contribution in [-0.2, 0) is 21.4 Å². The number of hydrogen-bond acceptors (Lipinski definition) is 5. The van der Waals surface area contributed by atoms with Gasteiger partial charge in [0.2, 0.25) is 10.0 Å². The normalized spacial score (nSPS) is 15.9. The number of carboxylic acids is 1. The van der Waals surface area contributed by atoms with Gasteiger partial charge in [-0.25, -0.2) is 12.8 Å². The molecule has 0 spiro atoms.